The summed E-state index contributed by atoms with van der Waals surface area (Å²) in [5.41, 5.74) is 9.80. The molecule has 0 bridgehead atoms. The summed E-state index contributed by atoms with van der Waals surface area (Å²) in [5.74, 6) is 0.165. The van der Waals surface area contributed by atoms with Crippen molar-refractivity contribution in [3.63, 3.8) is 0 Å². The van der Waals surface area contributed by atoms with Crippen LogP contribution in [0.3, 0.4) is 0 Å². The van der Waals surface area contributed by atoms with E-state index in [0.717, 1.165) is 56.3 Å². The van der Waals surface area contributed by atoms with Gasteiger partial charge in [0.1, 0.15) is 5.65 Å². The topological polar surface area (TPSA) is 43.1 Å². The molecular formula is C37H24N4. The third kappa shape index (κ3) is 3.37. The van der Waals surface area contributed by atoms with E-state index >= 15 is 0 Å². The first-order valence-corrected chi connectivity index (χ1v) is 14.1. The van der Waals surface area contributed by atoms with Crippen LogP contribution >= 0.6 is 0 Å². The minimum atomic E-state index is 0.165. The van der Waals surface area contributed by atoms with Crippen LogP contribution in [-0.2, 0) is 6.42 Å². The number of rotatable bonds is 2. The number of allylic oxidation sites excluding steroid dienone is 1. The molecule has 4 aromatic heterocycles. The van der Waals surface area contributed by atoms with Crippen molar-refractivity contribution in [2.24, 2.45) is 0 Å². The van der Waals surface area contributed by atoms with E-state index < -0.39 is 0 Å². The average Bonchev–Trinajstić information content (AvgIpc) is 3.44. The van der Waals surface area contributed by atoms with E-state index in [-0.39, 0.29) is 5.92 Å². The highest BCUT2D eigenvalue weighted by molar-refractivity contribution is 6.15. The minimum absolute atomic E-state index is 0.165. The lowest BCUT2D eigenvalue weighted by Gasteiger charge is -2.23. The molecule has 0 N–H and O–H groups in total. The number of hydrogen-bond donors (Lipinski definition) is 0. The molecule has 4 heteroatoms. The SMILES string of the molecule is C1=CC(c2cccc(-c3ccc4ccccc4c3)n2)Cc2c1n1c3ccccc3nc1c1c2ccc2cccnc21. The molecule has 0 saturated carbocycles. The Balaban J connectivity index is 1.24. The summed E-state index contributed by atoms with van der Waals surface area (Å²) in [6, 6.07) is 38.5. The van der Waals surface area contributed by atoms with Gasteiger partial charge in [-0.2, -0.15) is 0 Å². The summed E-state index contributed by atoms with van der Waals surface area (Å²) in [5, 5.41) is 5.93. The second kappa shape index (κ2) is 8.57. The largest absolute Gasteiger partial charge is 0.292 e. The molecule has 4 nitrogen and oxygen atoms in total. The molecule has 0 amide bonds. The van der Waals surface area contributed by atoms with Crippen LogP contribution in [0.5, 0.6) is 0 Å². The van der Waals surface area contributed by atoms with Crippen LogP contribution in [-0.4, -0.2) is 19.4 Å². The second-order valence-electron chi connectivity index (χ2n) is 10.9. The van der Waals surface area contributed by atoms with Gasteiger partial charge in [0.25, 0.3) is 0 Å². The Bertz CT molecular complexity index is 2360. The normalized spacial score (nSPS) is 14.9. The average molecular weight is 525 g/mol. The Morgan fingerprint density at radius 1 is 0.707 bits per heavy atom. The molecule has 0 saturated heterocycles. The second-order valence-corrected chi connectivity index (χ2v) is 10.9. The maximum atomic E-state index is 5.20. The molecule has 0 spiro atoms. The first-order chi connectivity index (χ1) is 20.3. The number of aromatic nitrogens is 4. The monoisotopic (exact) mass is 524 g/mol. The highest BCUT2D eigenvalue weighted by atomic mass is 15.0. The van der Waals surface area contributed by atoms with Crippen LogP contribution in [0.25, 0.3) is 66.5 Å². The van der Waals surface area contributed by atoms with Crippen molar-refractivity contribution >= 4 is 55.2 Å². The Hall–Kier alpha value is -5.35. The molecule has 192 valence electrons. The maximum absolute atomic E-state index is 5.20. The number of imidazole rings is 1. The van der Waals surface area contributed by atoms with Crippen molar-refractivity contribution in [2.45, 2.75) is 12.3 Å². The van der Waals surface area contributed by atoms with Crippen LogP contribution in [0.1, 0.15) is 22.9 Å². The zero-order valence-corrected chi connectivity index (χ0v) is 22.2. The van der Waals surface area contributed by atoms with Crippen molar-refractivity contribution in [3.8, 4) is 11.3 Å². The summed E-state index contributed by atoms with van der Waals surface area (Å²) in [6.45, 7) is 0. The van der Waals surface area contributed by atoms with Gasteiger partial charge in [-0.25, -0.2) is 4.98 Å². The molecule has 41 heavy (non-hydrogen) atoms. The van der Waals surface area contributed by atoms with Gasteiger partial charge in [0.2, 0.25) is 0 Å². The fraction of sp³-hybridized carbons (Fsp3) is 0.0541. The molecule has 8 aromatic rings. The summed E-state index contributed by atoms with van der Waals surface area (Å²) in [7, 11) is 0. The van der Waals surface area contributed by atoms with Crippen LogP contribution in [0.4, 0.5) is 0 Å². The third-order valence-electron chi connectivity index (χ3n) is 8.54. The van der Waals surface area contributed by atoms with Crippen molar-refractivity contribution in [1.82, 2.24) is 19.4 Å². The van der Waals surface area contributed by atoms with E-state index in [1.54, 1.807) is 0 Å². The fourth-order valence-electron chi connectivity index (χ4n) is 6.59. The van der Waals surface area contributed by atoms with Gasteiger partial charge in [-0.1, -0.05) is 78.9 Å². The third-order valence-corrected chi connectivity index (χ3v) is 8.54. The first-order valence-electron chi connectivity index (χ1n) is 14.1. The van der Waals surface area contributed by atoms with Crippen molar-refractivity contribution in [3.05, 3.63) is 138 Å². The molecule has 9 rings (SSSR count). The molecule has 1 unspecified atom stereocenters. The Morgan fingerprint density at radius 3 is 2.54 bits per heavy atom. The van der Waals surface area contributed by atoms with Crippen LogP contribution in [0.2, 0.25) is 0 Å². The van der Waals surface area contributed by atoms with Crippen LogP contribution in [0.15, 0.2) is 121 Å². The van der Waals surface area contributed by atoms with E-state index in [1.165, 1.54) is 27.4 Å². The molecule has 0 radical (unpaired) electrons. The zero-order chi connectivity index (χ0) is 26.9. The minimum Gasteiger partial charge on any atom is -0.292 e. The fourth-order valence-corrected chi connectivity index (χ4v) is 6.59. The highest BCUT2D eigenvalue weighted by Gasteiger charge is 2.25. The van der Waals surface area contributed by atoms with E-state index in [2.05, 4.69) is 120 Å². The van der Waals surface area contributed by atoms with E-state index in [9.17, 15) is 0 Å². The summed E-state index contributed by atoms with van der Waals surface area (Å²) in [6.07, 6.45) is 7.33. The quantitative estimate of drug-likeness (QED) is 0.212. The first kappa shape index (κ1) is 22.5. The van der Waals surface area contributed by atoms with Crippen LogP contribution in [0, 0.1) is 0 Å². The van der Waals surface area contributed by atoms with Gasteiger partial charge in [-0.05, 0) is 70.6 Å². The molecule has 0 fully saturated rings. The van der Waals surface area contributed by atoms with Gasteiger partial charge in [0.15, 0.2) is 0 Å². The van der Waals surface area contributed by atoms with Crippen molar-refractivity contribution in [2.75, 3.05) is 0 Å². The van der Waals surface area contributed by atoms with Gasteiger partial charge in [0, 0.05) is 28.8 Å². The number of pyridine rings is 3. The Morgan fingerprint density at radius 2 is 1.56 bits per heavy atom. The lowest BCUT2D eigenvalue weighted by atomic mass is 9.86. The summed E-state index contributed by atoms with van der Waals surface area (Å²) < 4.78 is 2.33. The van der Waals surface area contributed by atoms with Crippen molar-refractivity contribution in [1.29, 1.82) is 0 Å². The molecule has 1 aliphatic rings. The van der Waals surface area contributed by atoms with Crippen molar-refractivity contribution < 1.29 is 0 Å². The Labute approximate surface area is 236 Å². The predicted molar refractivity (Wildman–Crippen MR) is 168 cm³/mol. The molecule has 1 atom stereocenters. The zero-order valence-electron chi connectivity index (χ0n) is 22.2. The molecule has 4 heterocycles. The smallest absolute Gasteiger partial charge is 0.148 e. The van der Waals surface area contributed by atoms with E-state index in [1.807, 2.05) is 12.3 Å². The standard InChI is InChI=1S/C37H24N4/c1-2-8-25-21-26(15-14-23(25)7-1)30-11-5-12-31(39-30)27-17-19-33-29(22-27)28-18-16-24-9-6-20-38-36(24)35(28)37-40-32-10-3-4-13-34(32)41(33)37/h1-21,27H,22H2. The lowest BCUT2D eigenvalue weighted by molar-refractivity contribution is 0.793. The molecular weight excluding hydrogens is 500 g/mol. The summed E-state index contributed by atoms with van der Waals surface area (Å²) in [4.78, 5) is 15.2. The number of fused-ring (bicyclic) bond motifs is 11. The maximum Gasteiger partial charge on any atom is 0.148 e. The van der Waals surface area contributed by atoms with Gasteiger partial charge in [-0.15, -0.1) is 0 Å². The van der Waals surface area contributed by atoms with Gasteiger partial charge in [-0.3, -0.25) is 14.4 Å². The lowest BCUT2D eigenvalue weighted by Crippen LogP contribution is -2.12. The van der Waals surface area contributed by atoms with Crippen LogP contribution < -0.4 is 0 Å². The van der Waals surface area contributed by atoms with E-state index in [0.29, 0.717) is 0 Å². The summed E-state index contributed by atoms with van der Waals surface area (Å²) >= 11 is 0. The number of benzene rings is 4. The number of nitrogens with zero attached hydrogens (tertiary/aromatic N) is 4. The number of hydrogen-bond acceptors (Lipinski definition) is 3. The molecule has 4 aromatic carbocycles. The highest BCUT2D eigenvalue weighted by Crippen LogP contribution is 2.40. The van der Waals surface area contributed by atoms with Gasteiger partial charge in [0.05, 0.1) is 33.3 Å². The predicted octanol–water partition coefficient (Wildman–Crippen LogP) is 8.76. The number of para-hydroxylation sites is 2. The molecule has 0 aliphatic heterocycles. The van der Waals surface area contributed by atoms with E-state index in [4.69, 9.17) is 15.0 Å². The molecule has 1 aliphatic carbocycles. The Kier molecular flexibility index (Phi) is 4.70. The van der Waals surface area contributed by atoms with Gasteiger partial charge < -0.3 is 0 Å². The van der Waals surface area contributed by atoms with Gasteiger partial charge >= 0.3 is 0 Å².